The van der Waals surface area contributed by atoms with Crippen molar-refractivity contribution in [3.63, 3.8) is 0 Å². The zero-order valence-corrected chi connectivity index (χ0v) is 11.4. The predicted octanol–water partition coefficient (Wildman–Crippen LogP) is 2.74. The Labute approximate surface area is 107 Å². The molecule has 5 heteroatoms. The van der Waals surface area contributed by atoms with Crippen molar-refractivity contribution in [2.24, 2.45) is 0 Å². The summed E-state index contributed by atoms with van der Waals surface area (Å²) < 4.78 is 0. The Hall–Kier alpha value is -0.680. The number of anilines is 1. The van der Waals surface area contributed by atoms with Crippen LogP contribution in [0.5, 0.6) is 0 Å². The summed E-state index contributed by atoms with van der Waals surface area (Å²) in [6, 6.07) is 0. The monoisotopic (exact) mass is 254 g/mol. The summed E-state index contributed by atoms with van der Waals surface area (Å²) in [5, 5.41) is 13.8. The average molecular weight is 254 g/mol. The van der Waals surface area contributed by atoms with Crippen LogP contribution >= 0.6 is 11.3 Å². The molecule has 2 rings (SSSR count). The van der Waals surface area contributed by atoms with E-state index < -0.39 is 0 Å². The normalized spacial score (nSPS) is 17.9. The Bertz CT molecular complexity index is 318. The molecule has 1 N–H and O–H groups in total. The summed E-state index contributed by atoms with van der Waals surface area (Å²) in [7, 11) is 0. The van der Waals surface area contributed by atoms with Gasteiger partial charge in [0.05, 0.1) is 6.54 Å². The lowest BCUT2D eigenvalue weighted by atomic mass is 10.2. The van der Waals surface area contributed by atoms with Crippen molar-refractivity contribution >= 4 is 16.5 Å². The highest BCUT2D eigenvalue weighted by atomic mass is 32.1. The minimum Gasteiger partial charge on any atom is -0.360 e. The maximum Gasteiger partial charge on any atom is 0.205 e. The lowest BCUT2D eigenvalue weighted by molar-refractivity contribution is 0.276. The van der Waals surface area contributed by atoms with E-state index in [4.69, 9.17) is 0 Å². The summed E-state index contributed by atoms with van der Waals surface area (Å²) in [6.45, 7) is 6.56. The molecule has 1 aromatic heterocycles. The van der Waals surface area contributed by atoms with Gasteiger partial charge in [0.25, 0.3) is 0 Å². The molecular weight excluding hydrogens is 232 g/mol. The summed E-state index contributed by atoms with van der Waals surface area (Å²) in [4.78, 5) is 2.51. The number of hydrogen-bond donors (Lipinski definition) is 1. The molecule has 1 fully saturated rings. The topological polar surface area (TPSA) is 41.1 Å². The Kier molecular flexibility index (Phi) is 5.19. The minimum atomic E-state index is 0.969. The molecule has 0 unspecified atom stereocenters. The van der Waals surface area contributed by atoms with Crippen LogP contribution in [-0.4, -0.2) is 34.7 Å². The van der Waals surface area contributed by atoms with Gasteiger partial charge < -0.3 is 5.32 Å². The second-order valence-electron chi connectivity index (χ2n) is 4.62. The zero-order chi connectivity index (χ0) is 11.9. The Morgan fingerprint density at radius 1 is 1.18 bits per heavy atom. The van der Waals surface area contributed by atoms with Crippen LogP contribution in [0, 0.1) is 0 Å². The quantitative estimate of drug-likeness (QED) is 0.877. The third-order valence-corrected chi connectivity index (χ3v) is 3.92. The number of likely N-dealkylation sites (tertiary alicyclic amines) is 1. The van der Waals surface area contributed by atoms with Crippen LogP contribution < -0.4 is 5.32 Å². The van der Waals surface area contributed by atoms with E-state index in [1.807, 2.05) is 0 Å². The highest BCUT2D eigenvalue weighted by molar-refractivity contribution is 7.15. The fraction of sp³-hybridized carbons (Fsp3) is 0.833. The van der Waals surface area contributed by atoms with Crippen molar-refractivity contribution in [3.05, 3.63) is 5.01 Å². The molecule has 1 saturated heterocycles. The number of rotatable bonds is 5. The molecule has 17 heavy (non-hydrogen) atoms. The molecule has 0 bridgehead atoms. The highest BCUT2D eigenvalue weighted by Crippen LogP contribution is 2.18. The molecule has 4 nitrogen and oxygen atoms in total. The van der Waals surface area contributed by atoms with E-state index in [0.717, 1.165) is 29.6 Å². The Balaban J connectivity index is 1.82. The van der Waals surface area contributed by atoms with E-state index in [2.05, 4.69) is 27.3 Å². The van der Waals surface area contributed by atoms with Gasteiger partial charge in [-0.25, -0.2) is 0 Å². The first-order valence-corrected chi connectivity index (χ1v) is 7.48. The second-order valence-corrected chi connectivity index (χ2v) is 5.68. The van der Waals surface area contributed by atoms with Crippen molar-refractivity contribution in [1.29, 1.82) is 0 Å². The van der Waals surface area contributed by atoms with Crippen molar-refractivity contribution in [2.45, 2.75) is 45.6 Å². The maximum absolute atomic E-state index is 4.26. The van der Waals surface area contributed by atoms with E-state index in [1.54, 1.807) is 11.3 Å². The lowest BCUT2D eigenvalue weighted by Crippen LogP contribution is -2.23. The van der Waals surface area contributed by atoms with Crippen molar-refractivity contribution < 1.29 is 0 Å². The first-order chi connectivity index (χ1) is 8.38. The number of hydrogen-bond acceptors (Lipinski definition) is 5. The van der Waals surface area contributed by atoms with Crippen LogP contribution in [0.1, 0.15) is 44.0 Å². The van der Waals surface area contributed by atoms with Gasteiger partial charge in [0, 0.05) is 6.54 Å². The van der Waals surface area contributed by atoms with E-state index in [-0.39, 0.29) is 0 Å². The molecule has 0 amide bonds. The average Bonchev–Trinajstić information content (AvgIpc) is 2.61. The number of nitrogens with zero attached hydrogens (tertiary/aromatic N) is 3. The summed E-state index contributed by atoms with van der Waals surface area (Å²) >= 11 is 1.70. The van der Waals surface area contributed by atoms with E-state index in [9.17, 15) is 0 Å². The Morgan fingerprint density at radius 2 is 1.94 bits per heavy atom. The SMILES string of the molecule is CCCNc1nnc(CN2CCCCCC2)s1. The van der Waals surface area contributed by atoms with Crippen LogP contribution in [-0.2, 0) is 6.54 Å². The van der Waals surface area contributed by atoms with Crippen LogP contribution in [0.25, 0.3) is 0 Å². The number of nitrogens with one attached hydrogen (secondary N) is 1. The molecule has 1 aliphatic heterocycles. The van der Waals surface area contributed by atoms with Gasteiger partial charge >= 0.3 is 0 Å². The van der Waals surface area contributed by atoms with Gasteiger partial charge in [0.15, 0.2) is 0 Å². The second kappa shape index (κ2) is 6.91. The zero-order valence-electron chi connectivity index (χ0n) is 10.6. The molecule has 2 heterocycles. The standard InChI is InChI=1S/C12H22N4S/c1-2-7-13-12-15-14-11(17-12)10-16-8-5-3-4-6-9-16/h2-10H2,1H3,(H,13,15). The first kappa shape index (κ1) is 12.8. The van der Waals surface area contributed by atoms with Gasteiger partial charge in [-0.15, -0.1) is 10.2 Å². The van der Waals surface area contributed by atoms with E-state index >= 15 is 0 Å². The largest absolute Gasteiger partial charge is 0.360 e. The van der Waals surface area contributed by atoms with Gasteiger partial charge in [-0.05, 0) is 32.4 Å². The minimum absolute atomic E-state index is 0.969. The molecule has 0 saturated carbocycles. The van der Waals surface area contributed by atoms with Crippen molar-refractivity contribution in [2.75, 3.05) is 25.0 Å². The van der Waals surface area contributed by atoms with Crippen LogP contribution in [0.15, 0.2) is 0 Å². The van der Waals surface area contributed by atoms with Gasteiger partial charge in [-0.2, -0.15) is 0 Å². The van der Waals surface area contributed by atoms with Gasteiger partial charge in [0.1, 0.15) is 5.01 Å². The lowest BCUT2D eigenvalue weighted by Gasteiger charge is -2.17. The molecule has 0 radical (unpaired) electrons. The molecule has 0 aromatic carbocycles. The maximum atomic E-state index is 4.26. The Morgan fingerprint density at radius 3 is 2.65 bits per heavy atom. The predicted molar refractivity (Wildman–Crippen MR) is 72.4 cm³/mol. The molecule has 0 spiro atoms. The van der Waals surface area contributed by atoms with Crippen LogP contribution in [0.2, 0.25) is 0 Å². The summed E-state index contributed by atoms with van der Waals surface area (Å²) in [6.07, 6.45) is 6.56. The van der Waals surface area contributed by atoms with Gasteiger partial charge in [-0.1, -0.05) is 31.1 Å². The first-order valence-electron chi connectivity index (χ1n) is 6.67. The van der Waals surface area contributed by atoms with E-state index in [1.165, 1.54) is 38.8 Å². The van der Waals surface area contributed by atoms with Crippen LogP contribution in [0.3, 0.4) is 0 Å². The van der Waals surface area contributed by atoms with Crippen molar-refractivity contribution in [1.82, 2.24) is 15.1 Å². The summed E-state index contributed by atoms with van der Waals surface area (Å²) in [5.74, 6) is 0. The molecule has 1 aromatic rings. The molecule has 0 aliphatic carbocycles. The van der Waals surface area contributed by atoms with Gasteiger partial charge in [-0.3, -0.25) is 4.90 Å². The molecule has 96 valence electrons. The smallest absolute Gasteiger partial charge is 0.205 e. The fourth-order valence-corrected chi connectivity index (χ4v) is 2.91. The summed E-state index contributed by atoms with van der Waals surface area (Å²) in [5.41, 5.74) is 0. The van der Waals surface area contributed by atoms with Crippen LogP contribution in [0.4, 0.5) is 5.13 Å². The molecule has 0 atom stereocenters. The molecular formula is C12H22N4S. The van der Waals surface area contributed by atoms with Crippen molar-refractivity contribution in [3.8, 4) is 0 Å². The third-order valence-electron chi connectivity index (χ3n) is 3.05. The van der Waals surface area contributed by atoms with E-state index in [0.29, 0.717) is 0 Å². The highest BCUT2D eigenvalue weighted by Gasteiger charge is 2.12. The molecule has 1 aliphatic rings. The number of aromatic nitrogens is 2. The fourth-order valence-electron chi connectivity index (χ4n) is 2.11. The third kappa shape index (κ3) is 4.24. The van der Waals surface area contributed by atoms with Gasteiger partial charge in [0.2, 0.25) is 5.13 Å².